The number of hydrogen-bond donors (Lipinski definition) is 2. The molecule has 1 unspecified atom stereocenters. The van der Waals surface area contributed by atoms with Gasteiger partial charge >= 0.3 is 0 Å². The molecule has 1 aliphatic rings. The third kappa shape index (κ3) is 3.55. The van der Waals surface area contributed by atoms with Gasteiger partial charge in [0.05, 0.1) is 0 Å². The zero-order valence-corrected chi connectivity index (χ0v) is 12.6. The standard InChI is InChI=1S/C12H18N2O3S2/c1-12(2)7-9(12)11(15)14-6-5-8-3-4-10(18-8)19(13,16)17/h3-4,9H,5-7H2,1-2H3,(H,14,15)(H2,13,16,17). The molecule has 3 N–H and O–H groups in total. The zero-order chi connectivity index (χ0) is 14.3. The lowest BCUT2D eigenvalue weighted by Crippen LogP contribution is -2.28. The maximum absolute atomic E-state index is 11.8. The Bertz CT molecular complexity index is 590. The van der Waals surface area contributed by atoms with E-state index in [1.165, 1.54) is 6.07 Å². The number of thiophene rings is 1. The van der Waals surface area contributed by atoms with E-state index in [1.807, 2.05) is 0 Å². The highest BCUT2D eigenvalue weighted by molar-refractivity contribution is 7.91. The Morgan fingerprint density at radius 1 is 1.53 bits per heavy atom. The maximum atomic E-state index is 11.8. The van der Waals surface area contributed by atoms with Crippen LogP contribution in [-0.4, -0.2) is 20.9 Å². The summed E-state index contributed by atoms with van der Waals surface area (Å²) in [5.41, 5.74) is 0.133. The van der Waals surface area contributed by atoms with Gasteiger partial charge in [0, 0.05) is 17.3 Å². The van der Waals surface area contributed by atoms with Crippen molar-refractivity contribution in [3.05, 3.63) is 17.0 Å². The van der Waals surface area contributed by atoms with Crippen molar-refractivity contribution in [2.24, 2.45) is 16.5 Å². The van der Waals surface area contributed by atoms with Crippen LogP contribution in [0.2, 0.25) is 0 Å². The van der Waals surface area contributed by atoms with Gasteiger partial charge in [-0.15, -0.1) is 11.3 Å². The first-order valence-electron chi connectivity index (χ1n) is 6.09. The summed E-state index contributed by atoms with van der Waals surface area (Å²) in [6.45, 7) is 4.68. The smallest absolute Gasteiger partial charge is 0.247 e. The molecule has 2 rings (SSSR count). The fourth-order valence-electron chi connectivity index (χ4n) is 1.99. The van der Waals surface area contributed by atoms with Crippen molar-refractivity contribution in [1.29, 1.82) is 0 Å². The maximum Gasteiger partial charge on any atom is 0.247 e. The molecule has 19 heavy (non-hydrogen) atoms. The van der Waals surface area contributed by atoms with Crippen LogP contribution in [0.5, 0.6) is 0 Å². The lowest BCUT2D eigenvalue weighted by atomic mass is 10.1. The average molecular weight is 302 g/mol. The molecule has 1 saturated carbocycles. The van der Waals surface area contributed by atoms with Gasteiger partial charge in [-0.25, -0.2) is 13.6 Å². The van der Waals surface area contributed by atoms with Gasteiger partial charge in [0.25, 0.3) is 0 Å². The van der Waals surface area contributed by atoms with Crippen LogP contribution in [0.4, 0.5) is 0 Å². The molecular weight excluding hydrogens is 284 g/mol. The normalized spacial score (nSPS) is 21.1. The van der Waals surface area contributed by atoms with Crippen LogP contribution in [0.25, 0.3) is 0 Å². The number of carbonyl (C=O) groups is 1. The van der Waals surface area contributed by atoms with E-state index in [-0.39, 0.29) is 21.4 Å². The van der Waals surface area contributed by atoms with Gasteiger partial charge in [0.1, 0.15) is 4.21 Å². The van der Waals surface area contributed by atoms with E-state index in [2.05, 4.69) is 19.2 Å². The van der Waals surface area contributed by atoms with E-state index in [0.717, 1.165) is 22.6 Å². The van der Waals surface area contributed by atoms with E-state index in [1.54, 1.807) is 6.07 Å². The zero-order valence-electron chi connectivity index (χ0n) is 11.0. The first-order valence-corrected chi connectivity index (χ1v) is 8.46. The van der Waals surface area contributed by atoms with Gasteiger partial charge in [-0.3, -0.25) is 4.79 Å². The Hall–Kier alpha value is -0.920. The Kier molecular flexibility index (Phi) is 3.72. The van der Waals surface area contributed by atoms with Gasteiger partial charge < -0.3 is 5.32 Å². The van der Waals surface area contributed by atoms with Crippen LogP contribution in [0.15, 0.2) is 16.3 Å². The van der Waals surface area contributed by atoms with Crippen LogP contribution >= 0.6 is 11.3 Å². The minimum Gasteiger partial charge on any atom is -0.355 e. The number of sulfonamides is 1. The Balaban J connectivity index is 1.80. The second kappa shape index (κ2) is 4.88. The predicted molar refractivity (Wildman–Crippen MR) is 74.3 cm³/mol. The topological polar surface area (TPSA) is 89.3 Å². The van der Waals surface area contributed by atoms with Crippen LogP contribution in [0.1, 0.15) is 25.1 Å². The molecule has 0 spiro atoms. The van der Waals surface area contributed by atoms with Crippen molar-refractivity contribution in [3.8, 4) is 0 Å². The number of rotatable bonds is 5. The predicted octanol–water partition coefficient (Wildman–Crippen LogP) is 1.10. The fraction of sp³-hybridized carbons (Fsp3) is 0.583. The molecule has 0 aliphatic heterocycles. The third-order valence-corrected chi connectivity index (χ3v) is 6.00. The summed E-state index contributed by atoms with van der Waals surface area (Å²) >= 11 is 1.15. The van der Waals surface area contributed by atoms with Crippen molar-refractivity contribution < 1.29 is 13.2 Å². The lowest BCUT2D eigenvalue weighted by molar-refractivity contribution is -0.122. The van der Waals surface area contributed by atoms with Crippen LogP contribution in [0, 0.1) is 11.3 Å². The highest BCUT2D eigenvalue weighted by atomic mass is 32.2. The van der Waals surface area contributed by atoms with E-state index >= 15 is 0 Å². The molecule has 106 valence electrons. The molecule has 1 amide bonds. The molecule has 1 aliphatic carbocycles. The van der Waals surface area contributed by atoms with Crippen molar-refractivity contribution in [2.75, 3.05) is 6.54 Å². The molecule has 1 atom stereocenters. The van der Waals surface area contributed by atoms with E-state index in [0.29, 0.717) is 13.0 Å². The number of primary sulfonamides is 1. The number of amides is 1. The molecule has 5 nitrogen and oxygen atoms in total. The van der Waals surface area contributed by atoms with Crippen LogP contribution < -0.4 is 10.5 Å². The first kappa shape index (κ1) is 14.5. The molecule has 1 aromatic rings. The Labute approximate surface area is 117 Å². The number of nitrogens with one attached hydrogen (secondary N) is 1. The summed E-state index contributed by atoms with van der Waals surface area (Å²) in [4.78, 5) is 12.7. The quantitative estimate of drug-likeness (QED) is 0.853. The lowest BCUT2D eigenvalue weighted by Gasteiger charge is -2.05. The average Bonchev–Trinajstić information content (AvgIpc) is 2.74. The van der Waals surface area contributed by atoms with Gasteiger partial charge in [0.2, 0.25) is 15.9 Å². The summed E-state index contributed by atoms with van der Waals surface area (Å²) in [6.07, 6.45) is 1.56. The number of hydrogen-bond acceptors (Lipinski definition) is 4. The van der Waals surface area contributed by atoms with E-state index in [4.69, 9.17) is 5.14 Å². The van der Waals surface area contributed by atoms with Crippen molar-refractivity contribution in [1.82, 2.24) is 5.32 Å². The van der Waals surface area contributed by atoms with Crippen molar-refractivity contribution >= 4 is 27.3 Å². The summed E-state index contributed by atoms with van der Waals surface area (Å²) < 4.78 is 22.4. The molecule has 0 saturated heterocycles. The second-order valence-electron chi connectivity index (χ2n) is 5.55. The summed E-state index contributed by atoms with van der Waals surface area (Å²) in [6, 6.07) is 3.23. The second-order valence-corrected chi connectivity index (χ2v) is 8.51. The van der Waals surface area contributed by atoms with Crippen LogP contribution in [-0.2, 0) is 21.2 Å². The SMILES string of the molecule is CC1(C)CC1C(=O)NCCc1ccc(S(N)(=O)=O)s1. The molecule has 0 bridgehead atoms. The molecule has 0 radical (unpaired) electrons. The molecule has 7 heteroatoms. The van der Waals surface area contributed by atoms with E-state index in [9.17, 15) is 13.2 Å². The molecule has 1 fully saturated rings. The largest absolute Gasteiger partial charge is 0.355 e. The molecule has 1 heterocycles. The Morgan fingerprint density at radius 2 is 2.16 bits per heavy atom. The summed E-state index contributed by atoms with van der Waals surface area (Å²) in [5.74, 6) is 0.212. The minimum absolute atomic E-state index is 0.0909. The third-order valence-electron chi connectivity index (χ3n) is 3.42. The van der Waals surface area contributed by atoms with Gasteiger partial charge in [-0.1, -0.05) is 13.8 Å². The molecular formula is C12H18N2O3S2. The van der Waals surface area contributed by atoms with Gasteiger partial charge in [0.15, 0.2) is 0 Å². The Morgan fingerprint density at radius 3 is 2.63 bits per heavy atom. The van der Waals surface area contributed by atoms with Crippen molar-refractivity contribution in [3.63, 3.8) is 0 Å². The van der Waals surface area contributed by atoms with Gasteiger partial charge in [-0.2, -0.15) is 0 Å². The molecule has 0 aromatic carbocycles. The summed E-state index contributed by atoms with van der Waals surface area (Å²) in [5, 5.41) is 7.92. The summed E-state index contributed by atoms with van der Waals surface area (Å²) in [7, 11) is -3.61. The van der Waals surface area contributed by atoms with Crippen LogP contribution in [0.3, 0.4) is 0 Å². The molecule has 1 aromatic heterocycles. The highest BCUT2D eigenvalue weighted by Crippen LogP contribution is 2.51. The minimum atomic E-state index is -3.61. The highest BCUT2D eigenvalue weighted by Gasteiger charge is 2.50. The number of carbonyl (C=O) groups excluding carboxylic acids is 1. The monoisotopic (exact) mass is 302 g/mol. The van der Waals surface area contributed by atoms with Crippen molar-refractivity contribution in [2.45, 2.75) is 30.9 Å². The first-order chi connectivity index (χ1) is 8.70. The van der Waals surface area contributed by atoms with E-state index < -0.39 is 10.0 Å². The fourth-order valence-corrected chi connectivity index (χ4v) is 3.77. The number of nitrogens with two attached hydrogens (primary N) is 1. The van der Waals surface area contributed by atoms with Gasteiger partial charge in [-0.05, 0) is 30.4 Å².